The molecular weight excluding hydrogens is 659 g/mol. The van der Waals surface area contributed by atoms with Crippen LogP contribution in [0.5, 0.6) is 5.88 Å². The van der Waals surface area contributed by atoms with Crippen LogP contribution < -0.4 is 10.1 Å². The summed E-state index contributed by atoms with van der Waals surface area (Å²) in [6, 6.07) is 24.8. The van der Waals surface area contributed by atoms with Crippen LogP contribution in [0.3, 0.4) is 0 Å². The Morgan fingerprint density at radius 1 is 1.00 bits per heavy atom. The van der Waals surface area contributed by atoms with Gasteiger partial charge in [0.2, 0.25) is 11.8 Å². The number of halogens is 2. The molecule has 246 valence electrons. The lowest BCUT2D eigenvalue weighted by atomic mass is 9.88. The van der Waals surface area contributed by atoms with Crippen LogP contribution >= 0.6 is 23.2 Å². The van der Waals surface area contributed by atoms with Crippen molar-refractivity contribution in [3.05, 3.63) is 118 Å². The van der Waals surface area contributed by atoms with Crippen LogP contribution in [0.2, 0.25) is 10.0 Å². The summed E-state index contributed by atoms with van der Waals surface area (Å²) in [5, 5.41) is 5.15. The molecule has 2 aliphatic rings. The Morgan fingerprint density at radius 3 is 2.61 bits per heavy atom. The first-order chi connectivity index (χ1) is 23.9. The Morgan fingerprint density at radius 2 is 1.82 bits per heavy atom. The number of rotatable bonds is 7. The van der Waals surface area contributed by atoms with Crippen LogP contribution in [0, 0.1) is 5.92 Å². The molecule has 8 rings (SSSR count). The maximum absolute atomic E-state index is 14.4. The molecule has 5 heterocycles. The fraction of sp³-hybridized carbons (Fsp3) is 0.211. The van der Waals surface area contributed by atoms with Crippen molar-refractivity contribution in [2.75, 3.05) is 25.0 Å². The van der Waals surface area contributed by atoms with Gasteiger partial charge < -0.3 is 24.5 Å². The fourth-order valence-electron chi connectivity index (χ4n) is 7.17. The number of pyridine rings is 1. The third-order valence-electron chi connectivity index (χ3n) is 9.40. The fourth-order valence-corrected chi connectivity index (χ4v) is 7.52. The SMILES string of the molecule is CC(=O)N1CCCC(COc2ncccc2NC(=O)c2[nH]c3cc(Cl)cc4c3c2-c2c(-c3ccccc3)ncn2[C@@H]4c2ccc(Cl)cc2)C1. The number of aromatic nitrogens is 4. The van der Waals surface area contributed by atoms with Crippen LogP contribution in [-0.2, 0) is 4.79 Å². The first kappa shape index (κ1) is 31.2. The number of imidazole rings is 1. The number of fused-ring (bicyclic) bond motifs is 2. The first-order valence-electron chi connectivity index (χ1n) is 16.2. The molecule has 0 radical (unpaired) electrons. The van der Waals surface area contributed by atoms with Crippen molar-refractivity contribution < 1.29 is 14.3 Å². The van der Waals surface area contributed by atoms with E-state index in [4.69, 9.17) is 32.9 Å². The number of piperidine rings is 1. The molecule has 2 N–H and O–H groups in total. The summed E-state index contributed by atoms with van der Waals surface area (Å²) in [7, 11) is 0. The molecule has 9 nitrogen and oxygen atoms in total. The predicted molar refractivity (Wildman–Crippen MR) is 191 cm³/mol. The molecule has 2 atom stereocenters. The van der Waals surface area contributed by atoms with E-state index in [0.29, 0.717) is 40.5 Å². The van der Waals surface area contributed by atoms with Crippen LogP contribution in [-0.4, -0.2) is 55.9 Å². The molecule has 6 aromatic rings. The smallest absolute Gasteiger partial charge is 0.272 e. The summed E-state index contributed by atoms with van der Waals surface area (Å²) in [6.07, 6.45) is 5.34. The van der Waals surface area contributed by atoms with Gasteiger partial charge in [-0.05, 0) is 60.4 Å². The van der Waals surface area contributed by atoms with E-state index >= 15 is 0 Å². The second kappa shape index (κ2) is 12.7. The molecule has 1 unspecified atom stereocenters. The van der Waals surface area contributed by atoms with E-state index in [1.54, 1.807) is 25.3 Å². The molecule has 2 aliphatic heterocycles. The second-order valence-corrected chi connectivity index (χ2v) is 13.4. The number of H-pyrrole nitrogens is 1. The van der Waals surface area contributed by atoms with E-state index < -0.39 is 0 Å². The number of nitrogens with zero attached hydrogens (tertiary/aromatic N) is 4. The maximum Gasteiger partial charge on any atom is 0.272 e. The highest BCUT2D eigenvalue weighted by atomic mass is 35.5. The summed E-state index contributed by atoms with van der Waals surface area (Å²) in [4.78, 5) is 41.0. The number of carbonyl (C=O) groups excluding carboxylic acids is 2. The summed E-state index contributed by atoms with van der Waals surface area (Å²) in [6.45, 7) is 3.38. The number of amides is 2. The molecule has 0 saturated carbocycles. The summed E-state index contributed by atoms with van der Waals surface area (Å²) in [5.41, 5.74) is 6.73. The molecule has 3 aromatic carbocycles. The van der Waals surface area contributed by atoms with Crippen LogP contribution in [0.25, 0.3) is 33.4 Å². The minimum absolute atomic E-state index is 0.0680. The van der Waals surface area contributed by atoms with Gasteiger partial charge in [0.05, 0.1) is 30.4 Å². The van der Waals surface area contributed by atoms with Gasteiger partial charge in [-0.15, -0.1) is 0 Å². The average molecular weight is 692 g/mol. The predicted octanol–water partition coefficient (Wildman–Crippen LogP) is 8.24. The van der Waals surface area contributed by atoms with Gasteiger partial charge in [-0.2, -0.15) is 0 Å². The molecule has 3 aromatic heterocycles. The normalized spacial score (nSPS) is 16.8. The van der Waals surface area contributed by atoms with E-state index in [9.17, 15) is 9.59 Å². The lowest BCUT2D eigenvalue weighted by molar-refractivity contribution is -0.130. The highest BCUT2D eigenvalue weighted by molar-refractivity contribution is 6.32. The van der Waals surface area contributed by atoms with Gasteiger partial charge >= 0.3 is 0 Å². The van der Waals surface area contributed by atoms with Gasteiger partial charge in [0.1, 0.15) is 11.4 Å². The van der Waals surface area contributed by atoms with Crippen LogP contribution in [0.4, 0.5) is 5.69 Å². The van der Waals surface area contributed by atoms with Crippen molar-refractivity contribution in [2.24, 2.45) is 5.92 Å². The molecule has 11 heteroatoms. The molecule has 1 saturated heterocycles. The highest BCUT2D eigenvalue weighted by Crippen LogP contribution is 2.49. The van der Waals surface area contributed by atoms with Gasteiger partial charge in [-0.1, -0.05) is 65.7 Å². The van der Waals surface area contributed by atoms with Crippen molar-refractivity contribution in [3.8, 4) is 28.4 Å². The van der Waals surface area contributed by atoms with E-state index in [2.05, 4.69) is 19.9 Å². The standard InChI is InChI=1S/C38H32Cl2N6O3/c1-22(47)45-16-6-7-23(19-45)20-49-38-29(10-5-15-41-38)44-37(48)34-32-31-28(17-27(40)18-30(31)43-34)35(25-11-13-26(39)14-12-25)46-21-42-33(36(32)46)24-8-3-2-4-9-24/h2-5,8-15,17-18,21,23,35,43H,6-7,16,19-20H2,1H3,(H,44,48)/t23?,35-/m1/s1. The minimum atomic E-state index is -0.358. The van der Waals surface area contributed by atoms with Gasteiger partial charge in [-0.3, -0.25) is 9.59 Å². The number of anilines is 1. The maximum atomic E-state index is 14.4. The third kappa shape index (κ3) is 5.72. The van der Waals surface area contributed by atoms with Gasteiger partial charge in [-0.25, -0.2) is 9.97 Å². The highest BCUT2D eigenvalue weighted by Gasteiger charge is 2.36. The zero-order valence-electron chi connectivity index (χ0n) is 26.6. The van der Waals surface area contributed by atoms with Gasteiger partial charge in [0.25, 0.3) is 5.91 Å². The number of likely N-dealkylation sites (tertiary alicyclic amines) is 1. The van der Waals surface area contributed by atoms with Crippen molar-refractivity contribution in [2.45, 2.75) is 25.8 Å². The van der Waals surface area contributed by atoms with Crippen LogP contribution in [0.15, 0.2) is 91.4 Å². The Labute approximate surface area is 292 Å². The Kier molecular flexibility index (Phi) is 8.09. The van der Waals surface area contributed by atoms with Crippen LogP contribution in [0.1, 0.15) is 47.4 Å². The molecule has 0 bridgehead atoms. The third-order valence-corrected chi connectivity index (χ3v) is 9.87. The molecule has 1 fully saturated rings. The molecule has 0 spiro atoms. The van der Waals surface area contributed by atoms with E-state index in [0.717, 1.165) is 63.9 Å². The number of ether oxygens (including phenoxy) is 1. The van der Waals surface area contributed by atoms with E-state index in [-0.39, 0.29) is 23.8 Å². The van der Waals surface area contributed by atoms with Crippen molar-refractivity contribution in [1.82, 2.24) is 24.4 Å². The van der Waals surface area contributed by atoms with Crippen molar-refractivity contribution in [1.29, 1.82) is 0 Å². The lowest BCUT2D eigenvalue weighted by Crippen LogP contribution is -2.40. The topological polar surface area (TPSA) is 105 Å². The van der Waals surface area contributed by atoms with E-state index in [1.807, 2.05) is 78.0 Å². The number of hydrogen-bond donors (Lipinski definition) is 2. The Hall–Kier alpha value is -5.12. The largest absolute Gasteiger partial charge is 0.476 e. The molecular formula is C38H32Cl2N6O3. The first-order valence-corrected chi connectivity index (χ1v) is 17.0. The van der Waals surface area contributed by atoms with Gasteiger partial charge in [0, 0.05) is 64.2 Å². The Bertz CT molecular complexity index is 2210. The average Bonchev–Trinajstić information content (AvgIpc) is 3.72. The number of benzene rings is 3. The number of carbonyl (C=O) groups is 2. The summed E-state index contributed by atoms with van der Waals surface area (Å²) >= 11 is 13.0. The number of hydrogen-bond acceptors (Lipinski definition) is 5. The molecule has 0 aliphatic carbocycles. The van der Waals surface area contributed by atoms with E-state index in [1.165, 1.54) is 0 Å². The summed E-state index contributed by atoms with van der Waals surface area (Å²) in [5.74, 6) is 0.207. The second-order valence-electron chi connectivity index (χ2n) is 12.6. The number of nitrogens with one attached hydrogen (secondary N) is 2. The Balaban J connectivity index is 1.21. The molecule has 49 heavy (non-hydrogen) atoms. The minimum Gasteiger partial charge on any atom is -0.476 e. The number of aromatic amines is 1. The zero-order chi connectivity index (χ0) is 33.6. The van der Waals surface area contributed by atoms with Gasteiger partial charge in [0.15, 0.2) is 0 Å². The quantitative estimate of drug-likeness (QED) is 0.175. The summed E-state index contributed by atoms with van der Waals surface area (Å²) < 4.78 is 8.29. The lowest BCUT2D eigenvalue weighted by Gasteiger charge is -2.31. The molecule has 2 amide bonds. The zero-order valence-corrected chi connectivity index (χ0v) is 28.1. The van der Waals surface area contributed by atoms with Crippen molar-refractivity contribution in [3.63, 3.8) is 0 Å². The monoisotopic (exact) mass is 690 g/mol. The van der Waals surface area contributed by atoms with Crippen molar-refractivity contribution >= 4 is 51.6 Å².